The molecule has 0 aliphatic carbocycles. The summed E-state index contributed by atoms with van der Waals surface area (Å²) in [4.78, 5) is 2.46. The minimum atomic E-state index is 0.212. The molecular weight excluding hydrogens is 180 g/mol. The lowest BCUT2D eigenvalue weighted by Crippen LogP contribution is -2.29. The third-order valence-corrected chi connectivity index (χ3v) is 3.33. The number of nitrogens with zero attached hydrogens (tertiary/aromatic N) is 1. The van der Waals surface area contributed by atoms with Crippen LogP contribution in [0.5, 0.6) is 0 Å². The molecule has 72 valence electrons. The van der Waals surface area contributed by atoms with Gasteiger partial charge < -0.3 is 10.6 Å². The molecule has 0 saturated carbocycles. The molecule has 13 heavy (non-hydrogen) atoms. The Morgan fingerprint density at radius 2 is 2.23 bits per heavy atom. The number of hydrogen-bond donors (Lipinski definition) is 1. The van der Waals surface area contributed by atoms with Crippen LogP contribution in [0.1, 0.15) is 24.4 Å². The van der Waals surface area contributed by atoms with E-state index in [4.69, 9.17) is 5.73 Å². The lowest BCUT2D eigenvalue weighted by Gasteiger charge is -2.19. The lowest BCUT2D eigenvalue weighted by molar-refractivity contribution is 0.316. The summed E-state index contributed by atoms with van der Waals surface area (Å²) < 4.78 is 0. The molecule has 0 aromatic carbocycles. The summed E-state index contributed by atoms with van der Waals surface area (Å²) in [7, 11) is 0. The maximum atomic E-state index is 6.08. The van der Waals surface area contributed by atoms with Crippen molar-refractivity contribution in [2.24, 2.45) is 5.73 Å². The average Bonchev–Trinajstić information content (AvgIpc) is 2.74. The van der Waals surface area contributed by atoms with Gasteiger partial charge in [-0.3, -0.25) is 0 Å². The summed E-state index contributed by atoms with van der Waals surface area (Å²) in [5.41, 5.74) is 7.37. The first-order valence-electron chi connectivity index (χ1n) is 4.86. The molecule has 1 aromatic rings. The van der Waals surface area contributed by atoms with Gasteiger partial charge in [-0.25, -0.2) is 0 Å². The van der Waals surface area contributed by atoms with Crippen LogP contribution in [0.3, 0.4) is 0 Å². The third-order valence-electron chi connectivity index (χ3n) is 2.62. The number of rotatable bonds is 3. The molecule has 1 aromatic heterocycles. The Bertz CT molecular complexity index is 239. The van der Waals surface area contributed by atoms with Crippen LogP contribution in [0.25, 0.3) is 0 Å². The Morgan fingerprint density at radius 3 is 2.85 bits per heavy atom. The minimum absolute atomic E-state index is 0.212. The molecule has 0 spiro atoms. The van der Waals surface area contributed by atoms with Gasteiger partial charge in [0.1, 0.15) is 0 Å². The minimum Gasteiger partial charge on any atom is -0.323 e. The molecule has 1 unspecified atom stereocenters. The van der Waals surface area contributed by atoms with E-state index >= 15 is 0 Å². The summed E-state index contributed by atoms with van der Waals surface area (Å²) >= 11 is 1.73. The van der Waals surface area contributed by atoms with Crippen molar-refractivity contribution in [2.75, 3.05) is 19.6 Å². The van der Waals surface area contributed by atoms with Crippen LogP contribution >= 0.6 is 11.3 Å². The SMILES string of the molecule is NC(CN1CCCC1)c1ccsc1. The average molecular weight is 196 g/mol. The van der Waals surface area contributed by atoms with Gasteiger partial charge in [-0.2, -0.15) is 11.3 Å². The first-order chi connectivity index (χ1) is 6.36. The highest BCUT2D eigenvalue weighted by Crippen LogP contribution is 2.17. The Hall–Kier alpha value is -0.380. The van der Waals surface area contributed by atoms with Gasteiger partial charge in [-0.1, -0.05) is 0 Å². The highest BCUT2D eigenvalue weighted by molar-refractivity contribution is 7.07. The quantitative estimate of drug-likeness (QED) is 0.799. The Kier molecular flexibility index (Phi) is 2.98. The van der Waals surface area contributed by atoms with Crippen LogP contribution in [0.15, 0.2) is 16.8 Å². The highest BCUT2D eigenvalue weighted by Gasteiger charge is 2.15. The van der Waals surface area contributed by atoms with Crippen molar-refractivity contribution in [3.63, 3.8) is 0 Å². The van der Waals surface area contributed by atoms with Crippen molar-refractivity contribution in [1.29, 1.82) is 0 Å². The van der Waals surface area contributed by atoms with Crippen molar-refractivity contribution in [3.05, 3.63) is 22.4 Å². The highest BCUT2D eigenvalue weighted by atomic mass is 32.1. The predicted molar refractivity (Wildman–Crippen MR) is 56.9 cm³/mol. The second-order valence-corrected chi connectivity index (χ2v) is 4.45. The van der Waals surface area contributed by atoms with E-state index in [0.717, 1.165) is 6.54 Å². The summed E-state index contributed by atoms with van der Waals surface area (Å²) in [5, 5.41) is 4.25. The van der Waals surface area contributed by atoms with Gasteiger partial charge in [0.2, 0.25) is 0 Å². The van der Waals surface area contributed by atoms with Gasteiger partial charge >= 0.3 is 0 Å². The molecular formula is C10H16N2S. The standard InChI is InChI=1S/C10H16N2S/c11-10(9-3-6-13-8-9)7-12-4-1-2-5-12/h3,6,8,10H,1-2,4-5,7,11H2. The fraction of sp³-hybridized carbons (Fsp3) is 0.600. The molecule has 0 bridgehead atoms. The second kappa shape index (κ2) is 4.22. The molecule has 1 aliphatic rings. The summed E-state index contributed by atoms with van der Waals surface area (Å²) in [5.74, 6) is 0. The summed E-state index contributed by atoms with van der Waals surface area (Å²) in [6, 6.07) is 2.34. The zero-order valence-electron chi connectivity index (χ0n) is 7.78. The zero-order valence-corrected chi connectivity index (χ0v) is 8.59. The van der Waals surface area contributed by atoms with Crippen LogP contribution in [-0.4, -0.2) is 24.5 Å². The van der Waals surface area contributed by atoms with Crippen LogP contribution < -0.4 is 5.73 Å². The first-order valence-corrected chi connectivity index (χ1v) is 5.80. The van der Waals surface area contributed by atoms with Crippen molar-refractivity contribution < 1.29 is 0 Å². The molecule has 1 saturated heterocycles. The van der Waals surface area contributed by atoms with E-state index in [-0.39, 0.29) is 6.04 Å². The van der Waals surface area contributed by atoms with Crippen LogP contribution in [0.2, 0.25) is 0 Å². The third kappa shape index (κ3) is 2.30. The fourth-order valence-electron chi connectivity index (χ4n) is 1.83. The van der Waals surface area contributed by atoms with Gasteiger partial charge in [0.05, 0.1) is 0 Å². The Balaban J connectivity index is 1.87. The van der Waals surface area contributed by atoms with Crippen molar-refractivity contribution in [2.45, 2.75) is 18.9 Å². The lowest BCUT2D eigenvalue weighted by atomic mass is 10.1. The largest absolute Gasteiger partial charge is 0.323 e. The van der Waals surface area contributed by atoms with E-state index in [1.54, 1.807) is 11.3 Å². The molecule has 2 nitrogen and oxygen atoms in total. The van der Waals surface area contributed by atoms with E-state index in [1.165, 1.54) is 31.5 Å². The van der Waals surface area contributed by atoms with Gasteiger partial charge in [0.15, 0.2) is 0 Å². The Labute approximate surface area is 83.4 Å². The van der Waals surface area contributed by atoms with Gasteiger partial charge in [-0.05, 0) is 48.3 Å². The van der Waals surface area contributed by atoms with E-state index in [1.807, 2.05) is 0 Å². The monoisotopic (exact) mass is 196 g/mol. The van der Waals surface area contributed by atoms with E-state index in [9.17, 15) is 0 Å². The molecule has 2 N–H and O–H groups in total. The molecule has 1 aliphatic heterocycles. The topological polar surface area (TPSA) is 29.3 Å². The first kappa shape index (κ1) is 9.19. The fourth-order valence-corrected chi connectivity index (χ4v) is 2.56. The van der Waals surface area contributed by atoms with Gasteiger partial charge in [0.25, 0.3) is 0 Å². The maximum absolute atomic E-state index is 6.08. The molecule has 2 rings (SSSR count). The maximum Gasteiger partial charge on any atom is 0.0432 e. The van der Waals surface area contributed by atoms with Crippen molar-refractivity contribution >= 4 is 11.3 Å². The Morgan fingerprint density at radius 1 is 1.46 bits per heavy atom. The molecule has 2 heterocycles. The smallest absolute Gasteiger partial charge is 0.0432 e. The van der Waals surface area contributed by atoms with Gasteiger partial charge in [0, 0.05) is 12.6 Å². The van der Waals surface area contributed by atoms with Crippen LogP contribution in [0.4, 0.5) is 0 Å². The number of thiophene rings is 1. The summed E-state index contributed by atoms with van der Waals surface area (Å²) in [6.45, 7) is 3.49. The van der Waals surface area contributed by atoms with Gasteiger partial charge in [-0.15, -0.1) is 0 Å². The van der Waals surface area contributed by atoms with Crippen LogP contribution in [0, 0.1) is 0 Å². The molecule has 0 radical (unpaired) electrons. The van der Waals surface area contributed by atoms with Crippen molar-refractivity contribution in [1.82, 2.24) is 4.90 Å². The van der Waals surface area contributed by atoms with E-state index < -0.39 is 0 Å². The number of likely N-dealkylation sites (tertiary alicyclic amines) is 1. The predicted octanol–water partition coefficient (Wildman–Crippen LogP) is 1.84. The van der Waals surface area contributed by atoms with Crippen LogP contribution in [-0.2, 0) is 0 Å². The second-order valence-electron chi connectivity index (χ2n) is 3.67. The molecule has 3 heteroatoms. The summed E-state index contributed by atoms with van der Waals surface area (Å²) in [6.07, 6.45) is 2.69. The van der Waals surface area contributed by atoms with E-state index in [2.05, 4.69) is 21.7 Å². The number of nitrogens with two attached hydrogens (primary N) is 1. The van der Waals surface area contributed by atoms with Crippen molar-refractivity contribution in [3.8, 4) is 0 Å². The number of hydrogen-bond acceptors (Lipinski definition) is 3. The van der Waals surface area contributed by atoms with E-state index in [0.29, 0.717) is 0 Å². The molecule has 0 amide bonds. The normalized spacial score (nSPS) is 20.7. The molecule has 1 fully saturated rings. The zero-order chi connectivity index (χ0) is 9.10. The molecule has 1 atom stereocenters.